The normalized spacial score (nSPS) is 11.4. The van der Waals surface area contributed by atoms with Gasteiger partial charge in [-0.1, -0.05) is 15.9 Å². The van der Waals surface area contributed by atoms with E-state index in [2.05, 4.69) is 36.6 Å². The number of hydrogen-bond acceptors (Lipinski definition) is 2. The van der Waals surface area contributed by atoms with E-state index >= 15 is 0 Å². The van der Waals surface area contributed by atoms with Gasteiger partial charge in [0, 0.05) is 4.47 Å². The lowest BCUT2D eigenvalue weighted by atomic mass is 10.3. The van der Waals surface area contributed by atoms with Gasteiger partial charge < -0.3 is 0 Å². The summed E-state index contributed by atoms with van der Waals surface area (Å²) in [6.07, 6.45) is 0. The van der Waals surface area contributed by atoms with E-state index in [0.29, 0.717) is 10.2 Å². The van der Waals surface area contributed by atoms with Gasteiger partial charge in [0.1, 0.15) is 10.5 Å². The molecule has 1 aromatic rings. The molecule has 0 unspecified atom stereocenters. The predicted octanol–water partition coefficient (Wildman–Crippen LogP) is 2.68. The van der Waals surface area contributed by atoms with Crippen LogP contribution in [0.1, 0.15) is 0 Å². The largest absolute Gasteiger partial charge is 0.282 e. The van der Waals surface area contributed by atoms with Gasteiger partial charge in [-0.25, -0.2) is 12.8 Å². The van der Waals surface area contributed by atoms with Gasteiger partial charge in [0.25, 0.3) is 0 Å². The van der Waals surface area contributed by atoms with Crippen LogP contribution in [0.15, 0.2) is 22.7 Å². The van der Waals surface area contributed by atoms with Gasteiger partial charge in [-0.2, -0.15) is 0 Å². The summed E-state index contributed by atoms with van der Waals surface area (Å²) in [6, 6.07) is 3.71. The molecule has 0 heterocycles. The minimum Gasteiger partial charge on any atom is -0.282 e. The summed E-state index contributed by atoms with van der Waals surface area (Å²) >= 11 is 5.87. The summed E-state index contributed by atoms with van der Waals surface area (Å²) in [5, 5.41) is 0. The van der Waals surface area contributed by atoms with Crippen molar-refractivity contribution in [1.82, 2.24) is 0 Å². The van der Waals surface area contributed by atoms with Crippen molar-refractivity contribution in [3.05, 3.63) is 28.5 Å². The Morgan fingerprint density at radius 3 is 2.57 bits per heavy atom. The Kier molecular flexibility index (Phi) is 3.91. The molecule has 0 atom stereocenters. The first-order valence-corrected chi connectivity index (χ1v) is 7.03. The second-order valence-corrected chi connectivity index (χ2v) is 6.33. The maximum atomic E-state index is 12.6. The molecular weight excluding hydrogens is 341 g/mol. The number of anilines is 1. The average molecular weight is 347 g/mol. The molecule has 1 N–H and O–H groups in total. The van der Waals surface area contributed by atoms with Crippen LogP contribution in [0.4, 0.5) is 10.1 Å². The first-order chi connectivity index (χ1) is 6.44. The number of halogens is 3. The Morgan fingerprint density at radius 1 is 1.43 bits per heavy atom. The van der Waals surface area contributed by atoms with Crippen LogP contribution in [0.5, 0.6) is 0 Å². The molecule has 7 heteroatoms. The van der Waals surface area contributed by atoms with Crippen molar-refractivity contribution in [2.45, 2.75) is 0 Å². The molecule has 78 valence electrons. The third kappa shape index (κ3) is 3.21. The van der Waals surface area contributed by atoms with Crippen LogP contribution in [0.25, 0.3) is 0 Å². The van der Waals surface area contributed by atoms with E-state index in [9.17, 15) is 12.8 Å². The predicted molar refractivity (Wildman–Crippen MR) is 60.4 cm³/mol. The number of alkyl halides is 1. The van der Waals surface area contributed by atoms with E-state index in [-0.39, 0.29) is 4.66 Å². The van der Waals surface area contributed by atoms with E-state index < -0.39 is 15.8 Å². The molecule has 0 fully saturated rings. The van der Waals surface area contributed by atoms with Gasteiger partial charge in [0.05, 0.1) is 5.69 Å². The van der Waals surface area contributed by atoms with Gasteiger partial charge in [0.2, 0.25) is 10.0 Å². The second kappa shape index (κ2) is 4.59. The van der Waals surface area contributed by atoms with Gasteiger partial charge >= 0.3 is 0 Å². The summed E-state index contributed by atoms with van der Waals surface area (Å²) in [7, 11) is -3.39. The van der Waals surface area contributed by atoms with E-state index in [1.807, 2.05) is 0 Å². The Morgan fingerprint density at radius 2 is 2.07 bits per heavy atom. The Balaban J connectivity index is 2.99. The maximum absolute atomic E-state index is 12.6. The van der Waals surface area contributed by atoms with Crippen molar-refractivity contribution in [3.63, 3.8) is 0 Å². The van der Waals surface area contributed by atoms with Crippen LogP contribution >= 0.6 is 31.9 Å². The fourth-order valence-electron chi connectivity index (χ4n) is 0.767. The highest BCUT2D eigenvalue weighted by Crippen LogP contribution is 2.24. The van der Waals surface area contributed by atoms with Gasteiger partial charge in [-0.3, -0.25) is 4.72 Å². The third-order valence-corrected chi connectivity index (χ3v) is 4.62. The monoisotopic (exact) mass is 345 g/mol. The lowest BCUT2D eigenvalue weighted by Gasteiger charge is -2.06. The van der Waals surface area contributed by atoms with Crippen LogP contribution in [0.2, 0.25) is 0 Å². The summed E-state index contributed by atoms with van der Waals surface area (Å²) in [6.45, 7) is 0. The zero-order valence-electron chi connectivity index (χ0n) is 6.80. The van der Waals surface area contributed by atoms with Crippen molar-refractivity contribution in [2.75, 3.05) is 9.38 Å². The molecule has 1 rings (SSSR count). The minimum atomic E-state index is -3.39. The van der Waals surface area contributed by atoms with Crippen molar-refractivity contribution in [1.29, 1.82) is 0 Å². The van der Waals surface area contributed by atoms with Crippen molar-refractivity contribution >= 4 is 47.6 Å². The molecular formula is C7H6Br2FNO2S. The fourth-order valence-corrected chi connectivity index (χ4v) is 2.26. The summed E-state index contributed by atoms with van der Waals surface area (Å²) in [5.41, 5.74) is 0.311. The number of nitrogens with one attached hydrogen (secondary N) is 1. The van der Waals surface area contributed by atoms with Crippen LogP contribution in [0, 0.1) is 5.82 Å². The topological polar surface area (TPSA) is 46.2 Å². The highest BCUT2D eigenvalue weighted by Gasteiger charge is 2.10. The zero-order chi connectivity index (χ0) is 10.8. The molecule has 14 heavy (non-hydrogen) atoms. The quantitative estimate of drug-likeness (QED) is 0.855. The smallest absolute Gasteiger partial charge is 0.242 e. The van der Waals surface area contributed by atoms with Gasteiger partial charge in [-0.05, 0) is 34.1 Å². The Bertz CT molecular complexity index is 435. The standard InChI is InChI=1S/C7H6Br2FNO2S/c8-4-14(12,13)11-7-2-1-5(10)3-6(7)9/h1-3,11H,4H2. The highest BCUT2D eigenvalue weighted by atomic mass is 79.9. The van der Waals surface area contributed by atoms with Crippen LogP contribution in [-0.2, 0) is 10.0 Å². The van der Waals surface area contributed by atoms with E-state index in [1.54, 1.807) is 0 Å². The molecule has 1 aromatic carbocycles. The molecule has 0 spiro atoms. The molecule has 0 saturated carbocycles. The van der Waals surface area contributed by atoms with Crippen LogP contribution in [0.3, 0.4) is 0 Å². The first-order valence-electron chi connectivity index (χ1n) is 3.46. The van der Waals surface area contributed by atoms with Gasteiger partial charge in [-0.15, -0.1) is 0 Å². The molecule has 0 bridgehead atoms. The van der Waals surface area contributed by atoms with Crippen LogP contribution in [-0.4, -0.2) is 13.1 Å². The Labute approximate surface area is 98.0 Å². The van der Waals surface area contributed by atoms with Gasteiger partial charge in [0.15, 0.2) is 0 Å². The molecule has 0 saturated heterocycles. The highest BCUT2D eigenvalue weighted by molar-refractivity contribution is 9.11. The summed E-state index contributed by atoms with van der Waals surface area (Å²) in [5.74, 6) is -0.432. The lowest BCUT2D eigenvalue weighted by Crippen LogP contribution is -2.13. The van der Waals surface area contributed by atoms with E-state index in [4.69, 9.17) is 0 Å². The SMILES string of the molecule is O=S(=O)(CBr)Nc1ccc(F)cc1Br. The molecule has 0 aromatic heterocycles. The van der Waals surface area contributed by atoms with E-state index in [0.717, 1.165) is 0 Å². The molecule has 3 nitrogen and oxygen atoms in total. The van der Waals surface area contributed by atoms with Crippen molar-refractivity contribution in [3.8, 4) is 0 Å². The van der Waals surface area contributed by atoms with Crippen molar-refractivity contribution < 1.29 is 12.8 Å². The summed E-state index contributed by atoms with van der Waals surface area (Å²) < 4.78 is 37.3. The third-order valence-electron chi connectivity index (χ3n) is 1.34. The summed E-state index contributed by atoms with van der Waals surface area (Å²) in [4.78, 5) is 0. The van der Waals surface area contributed by atoms with Crippen molar-refractivity contribution in [2.24, 2.45) is 0 Å². The minimum absolute atomic E-state index is 0.205. The molecule has 0 amide bonds. The van der Waals surface area contributed by atoms with E-state index in [1.165, 1.54) is 18.2 Å². The fraction of sp³-hybridized carbons (Fsp3) is 0.143. The molecule has 0 aliphatic heterocycles. The lowest BCUT2D eigenvalue weighted by molar-refractivity contribution is 0.605. The average Bonchev–Trinajstić information content (AvgIpc) is 2.10. The number of benzene rings is 1. The number of sulfonamides is 1. The molecule has 0 radical (unpaired) electrons. The molecule has 0 aliphatic rings. The van der Waals surface area contributed by atoms with Crippen LogP contribution < -0.4 is 4.72 Å². The molecule has 0 aliphatic carbocycles. The Hall–Kier alpha value is -0.140. The maximum Gasteiger partial charge on any atom is 0.242 e. The number of rotatable bonds is 3. The number of hydrogen-bond donors (Lipinski definition) is 1. The zero-order valence-corrected chi connectivity index (χ0v) is 10.8. The first kappa shape index (κ1) is 11.9. The second-order valence-electron chi connectivity index (χ2n) is 2.45.